The van der Waals surface area contributed by atoms with Crippen molar-refractivity contribution >= 4 is 70.4 Å². The molecule has 0 radical (unpaired) electrons. The minimum absolute atomic E-state index is 0.0111. The number of nitro benzene ring substituents is 1. The number of sulfonamides is 1. The number of methoxy groups -OCH3 is 2. The third kappa shape index (κ3) is 16.2. The van der Waals surface area contributed by atoms with Gasteiger partial charge in [0.05, 0.1) is 55.2 Å². The molecule has 0 spiro atoms. The van der Waals surface area contributed by atoms with E-state index in [0.717, 1.165) is 25.2 Å². The molecule has 0 saturated carbocycles. The zero-order valence-electron chi connectivity index (χ0n) is 31.3. The molecule has 0 bridgehead atoms. The number of benzene rings is 2. The number of carboxylic acids is 2. The minimum Gasteiger partial charge on any atom is -0.487 e. The highest BCUT2D eigenvalue weighted by molar-refractivity contribution is 7.90. The molecule has 0 atom stereocenters. The van der Waals surface area contributed by atoms with E-state index in [1.54, 1.807) is 11.6 Å². The molecule has 0 fully saturated rings. The quantitative estimate of drug-likeness (QED) is 0.0495. The first kappa shape index (κ1) is 51.1. The number of rotatable bonds is 15. The molecule has 4 rings (SSSR count). The normalized spacial score (nSPS) is 11.1. The number of carboxylic acid groups (broad SMARTS) is 2. The second kappa shape index (κ2) is 22.0. The average Bonchev–Trinajstić information content (AvgIpc) is 3.45. The standard InChI is InChI=1S/C15H11ClF3NO4.C12H13ClN6O7S.C3H8NO5P/c1-2-23-14-8-10(4-5-12(14)20(21)22)24-13-6-3-9(7-11(13)16)15(17,18)19;1-19-9(7(10(20)21)8(13)17-19)27(23,24)18-12(22)16-11-14-5(25-2)4-6(15-11)26-3;5-3(6)1-4-2-10(7,8)9/h3-8H,2H2,1H3;4H,1-3H3,(H,20,21)(H2,14,15,16,18,22);4H,1-2H2,(H,5,6)(H2,7,8,9). The molecule has 4 aromatic rings. The van der Waals surface area contributed by atoms with Gasteiger partial charge >= 0.3 is 37.4 Å². The zero-order chi connectivity index (χ0) is 46.5. The number of carbonyl (C=O) groups is 3. The Kier molecular flexibility index (Phi) is 18.4. The first-order valence-electron chi connectivity index (χ1n) is 15.9. The van der Waals surface area contributed by atoms with E-state index in [0.29, 0.717) is 4.68 Å². The van der Waals surface area contributed by atoms with Crippen LogP contribution in [0.1, 0.15) is 22.8 Å². The average molecular weight is 952 g/mol. The number of nitro groups is 1. The van der Waals surface area contributed by atoms with Gasteiger partial charge in [-0.3, -0.25) is 34.8 Å². The van der Waals surface area contributed by atoms with Crippen LogP contribution in [0.25, 0.3) is 0 Å². The fraction of sp³-hybridized carbons (Fsp3) is 0.267. The SMILES string of the molecule is CCOc1cc(Oc2ccc(C(F)(F)F)cc2Cl)ccc1[N+](=O)[O-].COc1cc(OC)nc(NC(=O)NS(=O)(=O)c2c(C(=O)O)c(Cl)nn2C)n1.O=C(O)CNCP(=O)(O)O. The van der Waals surface area contributed by atoms with E-state index in [4.69, 9.17) is 62.1 Å². The van der Waals surface area contributed by atoms with Gasteiger partial charge in [-0.1, -0.05) is 23.2 Å². The number of hydrogen-bond acceptors (Lipinski definition) is 16. The minimum atomic E-state index is -4.64. The molecule has 61 heavy (non-hydrogen) atoms. The van der Waals surface area contributed by atoms with Crippen LogP contribution in [0.2, 0.25) is 10.2 Å². The van der Waals surface area contributed by atoms with Crippen LogP contribution in [0, 0.1) is 10.1 Å². The Labute approximate surface area is 350 Å². The molecule has 7 N–H and O–H groups in total. The number of alkyl halides is 3. The maximum absolute atomic E-state index is 12.6. The third-order valence-electron chi connectivity index (χ3n) is 6.48. The molecule has 2 heterocycles. The van der Waals surface area contributed by atoms with Crippen molar-refractivity contribution in [3.8, 4) is 29.0 Å². The van der Waals surface area contributed by atoms with E-state index in [1.165, 1.54) is 38.5 Å². The van der Waals surface area contributed by atoms with Crippen LogP contribution < -0.4 is 34.3 Å². The number of aryl methyl sites for hydroxylation is 1. The van der Waals surface area contributed by atoms with Crippen molar-refractivity contribution < 1.29 is 84.4 Å². The molecule has 2 aromatic heterocycles. The van der Waals surface area contributed by atoms with Gasteiger partial charge in [0.25, 0.3) is 10.0 Å². The molecular formula is C30H32Cl2F3N8O16PS. The van der Waals surface area contributed by atoms with E-state index < -0.39 is 80.8 Å². The van der Waals surface area contributed by atoms with Gasteiger partial charge in [0.1, 0.15) is 17.1 Å². The van der Waals surface area contributed by atoms with Crippen LogP contribution in [0.4, 0.5) is 29.6 Å². The summed E-state index contributed by atoms with van der Waals surface area (Å²) in [7, 11) is -4.95. The molecule has 0 unspecified atom stereocenters. The maximum atomic E-state index is 12.6. The second-order valence-electron chi connectivity index (χ2n) is 10.9. The lowest BCUT2D eigenvalue weighted by atomic mass is 10.2. The summed E-state index contributed by atoms with van der Waals surface area (Å²) in [6.45, 7) is 1.42. The van der Waals surface area contributed by atoms with E-state index in [9.17, 15) is 50.7 Å². The van der Waals surface area contributed by atoms with Crippen molar-refractivity contribution in [3.63, 3.8) is 0 Å². The number of carbonyl (C=O) groups excluding carboxylic acids is 1. The highest BCUT2D eigenvalue weighted by atomic mass is 35.5. The Morgan fingerprint density at radius 1 is 1.00 bits per heavy atom. The summed E-state index contributed by atoms with van der Waals surface area (Å²) in [5.41, 5.74) is -1.93. The van der Waals surface area contributed by atoms with Gasteiger partial charge in [0.2, 0.25) is 23.5 Å². The zero-order valence-corrected chi connectivity index (χ0v) is 34.6. The van der Waals surface area contributed by atoms with Gasteiger partial charge in [0.15, 0.2) is 10.2 Å². The van der Waals surface area contributed by atoms with E-state index in [2.05, 4.69) is 25.7 Å². The molecule has 31 heteroatoms. The summed E-state index contributed by atoms with van der Waals surface area (Å²) < 4.78 is 95.3. The summed E-state index contributed by atoms with van der Waals surface area (Å²) in [5, 5.41) is 34.1. The number of nitrogens with one attached hydrogen (secondary N) is 3. The Balaban J connectivity index is 0.000000346. The number of anilines is 1. The van der Waals surface area contributed by atoms with Crippen molar-refractivity contribution in [2.24, 2.45) is 7.05 Å². The number of aromatic nitrogens is 4. The first-order chi connectivity index (χ1) is 28.2. The van der Waals surface area contributed by atoms with Crippen LogP contribution in [0.3, 0.4) is 0 Å². The van der Waals surface area contributed by atoms with Gasteiger partial charge in [-0.15, -0.1) is 0 Å². The summed E-state index contributed by atoms with van der Waals surface area (Å²) in [6, 6.07) is 6.47. The summed E-state index contributed by atoms with van der Waals surface area (Å²) in [4.78, 5) is 67.3. The highest BCUT2D eigenvalue weighted by Gasteiger charge is 2.33. The Morgan fingerprint density at radius 2 is 1.61 bits per heavy atom. The molecule has 0 saturated heterocycles. The number of halogens is 5. The first-order valence-corrected chi connectivity index (χ1v) is 20.0. The Morgan fingerprint density at radius 3 is 2.08 bits per heavy atom. The van der Waals surface area contributed by atoms with Gasteiger partial charge in [-0.2, -0.15) is 36.7 Å². The monoisotopic (exact) mass is 950 g/mol. The van der Waals surface area contributed by atoms with E-state index >= 15 is 0 Å². The van der Waals surface area contributed by atoms with Crippen LogP contribution in [-0.4, -0.2) is 105 Å². The van der Waals surface area contributed by atoms with Gasteiger partial charge in [-0.25, -0.2) is 14.3 Å². The van der Waals surface area contributed by atoms with Crippen molar-refractivity contribution in [2.75, 3.05) is 39.0 Å². The number of nitrogens with zero attached hydrogens (tertiary/aromatic N) is 5. The fourth-order valence-electron chi connectivity index (χ4n) is 4.11. The lowest BCUT2D eigenvalue weighted by molar-refractivity contribution is -0.385. The summed E-state index contributed by atoms with van der Waals surface area (Å²) >= 11 is 11.4. The smallest absolute Gasteiger partial charge is 0.416 e. The van der Waals surface area contributed by atoms with E-state index in [1.807, 2.05) is 0 Å². The van der Waals surface area contributed by atoms with Crippen molar-refractivity contribution in [2.45, 2.75) is 18.1 Å². The third-order valence-corrected chi connectivity index (χ3v) is 9.11. The van der Waals surface area contributed by atoms with Crippen LogP contribution >= 0.6 is 30.8 Å². The molecule has 2 aromatic carbocycles. The maximum Gasteiger partial charge on any atom is 0.416 e. The number of aromatic carboxylic acids is 1. The van der Waals surface area contributed by atoms with Crippen LogP contribution in [-0.2, 0) is 32.6 Å². The van der Waals surface area contributed by atoms with Crippen LogP contribution in [0.15, 0.2) is 47.5 Å². The highest BCUT2D eigenvalue weighted by Crippen LogP contribution is 2.38. The molecule has 0 aliphatic rings. The Hall–Kier alpha value is -6.03. The largest absolute Gasteiger partial charge is 0.487 e. The lowest BCUT2D eigenvalue weighted by Crippen LogP contribution is -2.36. The number of urea groups is 1. The Bertz CT molecular complexity index is 2380. The second-order valence-corrected chi connectivity index (χ2v) is 15.0. The topological polar surface area (TPSA) is 343 Å². The van der Waals surface area contributed by atoms with Gasteiger partial charge in [0, 0.05) is 19.2 Å². The summed E-state index contributed by atoms with van der Waals surface area (Å²) in [6.07, 6.45) is -5.11. The molecule has 24 nitrogen and oxygen atoms in total. The van der Waals surface area contributed by atoms with Crippen molar-refractivity contribution in [1.82, 2.24) is 29.8 Å². The number of amides is 2. The molecule has 0 aliphatic heterocycles. The van der Waals surface area contributed by atoms with Crippen LogP contribution in [0.5, 0.6) is 29.0 Å². The molecular weight excluding hydrogens is 919 g/mol. The number of hydrogen-bond donors (Lipinski definition) is 7. The summed E-state index contributed by atoms with van der Waals surface area (Å²) in [5.74, 6) is -2.88. The molecule has 0 aliphatic carbocycles. The number of ether oxygens (including phenoxy) is 4. The predicted molar refractivity (Wildman–Crippen MR) is 203 cm³/mol. The van der Waals surface area contributed by atoms with Crippen molar-refractivity contribution in [3.05, 3.63) is 73.9 Å². The molecule has 2 amide bonds. The lowest BCUT2D eigenvalue weighted by Gasteiger charge is -2.12. The number of aliphatic carboxylic acids is 1. The predicted octanol–water partition coefficient (Wildman–Crippen LogP) is 4.34. The fourth-order valence-corrected chi connectivity index (χ4v) is 6.30. The van der Waals surface area contributed by atoms with Gasteiger partial charge in [-0.05, 0) is 31.2 Å². The molecule has 334 valence electrons. The van der Waals surface area contributed by atoms with E-state index in [-0.39, 0.29) is 52.3 Å². The van der Waals surface area contributed by atoms with Crippen molar-refractivity contribution in [1.29, 1.82) is 0 Å². The van der Waals surface area contributed by atoms with Gasteiger partial charge < -0.3 is 38.9 Å².